The third-order valence-corrected chi connectivity index (χ3v) is 4.26. The fourth-order valence-electron chi connectivity index (χ4n) is 1.46. The molecule has 1 aromatic rings. The second kappa shape index (κ2) is 4.85. The Morgan fingerprint density at radius 1 is 1.56 bits per heavy atom. The van der Waals surface area contributed by atoms with Crippen molar-refractivity contribution in [3.8, 4) is 0 Å². The number of hydrogen-bond acceptors (Lipinski definition) is 3. The van der Waals surface area contributed by atoms with E-state index in [0.717, 1.165) is 11.3 Å². The summed E-state index contributed by atoms with van der Waals surface area (Å²) in [5.74, 6) is 0.872. The monoisotopic (exact) mass is 263 g/mol. The standard InChI is InChI=1S/C10H18ClN3OS/c1-7-8(9(11)14(4)13-7)5-16(15)6-10(2,3)12/h5-6,12H2,1-4H3. The van der Waals surface area contributed by atoms with Gasteiger partial charge in [-0.1, -0.05) is 11.6 Å². The minimum Gasteiger partial charge on any atom is -0.325 e. The van der Waals surface area contributed by atoms with Gasteiger partial charge in [0.1, 0.15) is 5.15 Å². The number of hydrogen-bond donors (Lipinski definition) is 1. The summed E-state index contributed by atoms with van der Waals surface area (Å²) < 4.78 is 13.5. The molecule has 6 heteroatoms. The van der Waals surface area contributed by atoms with E-state index >= 15 is 0 Å². The molecule has 92 valence electrons. The second-order valence-electron chi connectivity index (χ2n) is 4.70. The predicted molar refractivity (Wildman–Crippen MR) is 67.9 cm³/mol. The Kier molecular flexibility index (Phi) is 4.15. The molecule has 0 amide bonds. The van der Waals surface area contributed by atoms with E-state index in [1.807, 2.05) is 20.8 Å². The van der Waals surface area contributed by atoms with Gasteiger partial charge in [-0.15, -0.1) is 0 Å². The summed E-state index contributed by atoms with van der Waals surface area (Å²) in [6.07, 6.45) is 0. The normalized spacial score (nSPS) is 14.1. The number of nitrogens with zero attached hydrogens (tertiary/aromatic N) is 2. The molecule has 0 saturated heterocycles. The van der Waals surface area contributed by atoms with Crippen molar-refractivity contribution in [3.05, 3.63) is 16.4 Å². The van der Waals surface area contributed by atoms with E-state index in [2.05, 4.69) is 5.10 Å². The summed E-state index contributed by atoms with van der Waals surface area (Å²) in [4.78, 5) is 0. The van der Waals surface area contributed by atoms with Crippen LogP contribution >= 0.6 is 11.6 Å². The third kappa shape index (κ3) is 3.57. The lowest BCUT2D eigenvalue weighted by molar-refractivity contribution is 0.577. The molecule has 0 radical (unpaired) electrons. The molecule has 1 aromatic heterocycles. The number of rotatable bonds is 4. The first-order valence-electron chi connectivity index (χ1n) is 5.02. The van der Waals surface area contributed by atoms with E-state index in [9.17, 15) is 4.21 Å². The quantitative estimate of drug-likeness (QED) is 0.893. The smallest absolute Gasteiger partial charge is 0.131 e. The SMILES string of the molecule is Cc1nn(C)c(Cl)c1CS(=O)CC(C)(C)N. The van der Waals surface area contributed by atoms with E-state index in [0.29, 0.717) is 16.7 Å². The maximum Gasteiger partial charge on any atom is 0.131 e. The molecule has 0 aliphatic carbocycles. The van der Waals surface area contributed by atoms with Crippen molar-refractivity contribution < 1.29 is 4.21 Å². The van der Waals surface area contributed by atoms with E-state index < -0.39 is 16.3 Å². The van der Waals surface area contributed by atoms with E-state index in [4.69, 9.17) is 17.3 Å². The maximum atomic E-state index is 11.9. The van der Waals surface area contributed by atoms with Crippen molar-refractivity contribution in [1.29, 1.82) is 0 Å². The Labute approximate surface area is 104 Å². The van der Waals surface area contributed by atoms with Gasteiger partial charge in [-0.05, 0) is 20.8 Å². The largest absolute Gasteiger partial charge is 0.325 e. The molecule has 4 nitrogen and oxygen atoms in total. The van der Waals surface area contributed by atoms with Crippen LogP contribution in [0.3, 0.4) is 0 Å². The molecule has 0 aromatic carbocycles. The van der Waals surface area contributed by atoms with Gasteiger partial charge in [0.25, 0.3) is 0 Å². The van der Waals surface area contributed by atoms with Crippen LogP contribution in [0.25, 0.3) is 0 Å². The van der Waals surface area contributed by atoms with Crippen LogP contribution in [0.5, 0.6) is 0 Å². The van der Waals surface area contributed by atoms with Crippen molar-refractivity contribution in [2.75, 3.05) is 5.75 Å². The van der Waals surface area contributed by atoms with Crippen LogP contribution in [0, 0.1) is 6.92 Å². The molecule has 0 saturated carbocycles. The maximum absolute atomic E-state index is 11.9. The average molecular weight is 264 g/mol. The Balaban J connectivity index is 2.78. The number of halogens is 1. The van der Waals surface area contributed by atoms with E-state index in [-0.39, 0.29) is 0 Å². The van der Waals surface area contributed by atoms with Gasteiger partial charge in [0.2, 0.25) is 0 Å². The van der Waals surface area contributed by atoms with Gasteiger partial charge in [0.15, 0.2) is 0 Å². The van der Waals surface area contributed by atoms with E-state index in [1.165, 1.54) is 0 Å². The second-order valence-corrected chi connectivity index (χ2v) is 6.51. The topological polar surface area (TPSA) is 60.9 Å². The summed E-state index contributed by atoms with van der Waals surface area (Å²) in [6.45, 7) is 5.59. The van der Waals surface area contributed by atoms with Crippen LogP contribution in [0.4, 0.5) is 0 Å². The zero-order valence-electron chi connectivity index (χ0n) is 10.1. The Morgan fingerprint density at radius 2 is 2.12 bits per heavy atom. The van der Waals surface area contributed by atoms with Crippen molar-refractivity contribution in [2.24, 2.45) is 12.8 Å². The minimum absolute atomic E-state index is 0.416. The lowest BCUT2D eigenvalue weighted by Gasteiger charge is -2.17. The van der Waals surface area contributed by atoms with Gasteiger partial charge >= 0.3 is 0 Å². The van der Waals surface area contributed by atoms with Crippen molar-refractivity contribution in [3.63, 3.8) is 0 Å². The molecule has 1 rings (SSSR count). The Morgan fingerprint density at radius 3 is 2.50 bits per heavy atom. The van der Waals surface area contributed by atoms with Crippen LogP contribution in [0.1, 0.15) is 25.1 Å². The van der Waals surface area contributed by atoms with Gasteiger partial charge in [0.05, 0.1) is 11.4 Å². The van der Waals surface area contributed by atoms with Crippen LogP contribution in [-0.4, -0.2) is 25.3 Å². The number of nitrogens with two attached hydrogens (primary N) is 1. The minimum atomic E-state index is -1.01. The zero-order chi connectivity index (χ0) is 12.5. The molecule has 1 heterocycles. The zero-order valence-corrected chi connectivity index (χ0v) is 11.7. The highest BCUT2D eigenvalue weighted by atomic mass is 35.5. The molecule has 0 fully saturated rings. The van der Waals surface area contributed by atoms with Gasteiger partial charge in [-0.3, -0.25) is 8.89 Å². The van der Waals surface area contributed by atoms with Crippen LogP contribution in [0.2, 0.25) is 5.15 Å². The lowest BCUT2D eigenvalue weighted by Crippen LogP contribution is -2.38. The Bertz CT molecular complexity index is 409. The molecule has 0 bridgehead atoms. The molecule has 16 heavy (non-hydrogen) atoms. The van der Waals surface area contributed by atoms with Crippen LogP contribution in [0.15, 0.2) is 0 Å². The number of aryl methyl sites for hydroxylation is 2. The summed E-state index contributed by atoms with van der Waals surface area (Å²) in [7, 11) is 0.762. The molecule has 0 aliphatic heterocycles. The first kappa shape index (κ1) is 13.7. The van der Waals surface area contributed by atoms with Crippen LogP contribution < -0.4 is 5.73 Å². The first-order chi connectivity index (χ1) is 7.20. The predicted octanol–water partition coefficient (Wildman–Crippen LogP) is 1.37. The summed E-state index contributed by atoms with van der Waals surface area (Å²) in [6, 6.07) is 0. The Hall–Kier alpha value is -0.390. The van der Waals surface area contributed by atoms with Gasteiger partial charge in [-0.2, -0.15) is 5.10 Å². The average Bonchev–Trinajstić information content (AvgIpc) is 2.29. The number of aromatic nitrogens is 2. The fourth-order valence-corrected chi connectivity index (χ4v) is 3.38. The van der Waals surface area contributed by atoms with Crippen molar-refractivity contribution in [2.45, 2.75) is 32.1 Å². The van der Waals surface area contributed by atoms with Crippen molar-refractivity contribution >= 4 is 22.4 Å². The van der Waals surface area contributed by atoms with Gasteiger partial charge < -0.3 is 5.73 Å². The molecule has 1 unspecified atom stereocenters. The first-order valence-corrected chi connectivity index (χ1v) is 6.89. The van der Waals surface area contributed by atoms with Gasteiger partial charge in [0, 0.05) is 34.7 Å². The van der Waals surface area contributed by atoms with Crippen LogP contribution in [-0.2, 0) is 23.6 Å². The fraction of sp³-hybridized carbons (Fsp3) is 0.700. The summed E-state index contributed by atoms with van der Waals surface area (Å²) in [5, 5.41) is 4.74. The van der Waals surface area contributed by atoms with E-state index in [1.54, 1.807) is 11.7 Å². The highest BCUT2D eigenvalue weighted by Crippen LogP contribution is 2.20. The molecular weight excluding hydrogens is 246 g/mol. The van der Waals surface area contributed by atoms with Crippen molar-refractivity contribution in [1.82, 2.24) is 9.78 Å². The summed E-state index contributed by atoms with van der Waals surface area (Å²) in [5.41, 5.74) is 7.08. The molecule has 2 N–H and O–H groups in total. The highest BCUT2D eigenvalue weighted by molar-refractivity contribution is 7.84. The lowest BCUT2D eigenvalue weighted by atomic mass is 10.1. The molecular formula is C10H18ClN3OS. The molecule has 0 aliphatic rings. The third-order valence-electron chi connectivity index (χ3n) is 2.11. The summed E-state index contributed by atoms with van der Waals surface area (Å²) >= 11 is 6.06. The highest BCUT2D eigenvalue weighted by Gasteiger charge is 2.19. The molecule has 0 spiro atoms. The molecule has 1 atom stereocenters. The van der Waals surface area contributed by atoms with Gasteiger partial charge in [-0.25, -0.2) is 0 Å².